The molecule has 3 heteroatoms. The van der Waals surface area contributed by atoms with Gasteiger partial charge in [-0.1, -0.05) is 25.8 Å². The van der Waals surface area contributed by atoms with Crippen LogP contribution in [0.2, 0.25) is 0 Å². The van der Waals surface area contributed by atoms with Crippen LogP contribution in [0.25, 0.3) is 0 Å². The van der Waals surface area contributed by atoms with Crippen molar-refractivity contribution in [1.29, 1.82) is 0 Å². The fourth-order valence-electron chi connectivity index (χ4n) is 3.03. The van der Waals surface area contributed by atoms with Crippen LogP contribution in [0.3, 0.4) is 0 Å². The Labute approximate surface area is 107 Å². The second-order valence-corrected chi connectivity index (χ2v) is 5.29. The third kappa shape index (κ3) is 2.65. The molecule has 0 amide bonds. The molecule has 1 aliphatic carbocycles. The van der Waals surface area contributed by atoms with Gasteiger partial charge in [-0.3, -0.25) is 5.11 Å². The third-order valence-electron chi connectivity index (χ3n) is 4.06. The largest absolute Gasteiger partial charge is 0.287 e. The highest BCUT2D eigenvalue weighted by Gasteiger charge is 2.26. The van der Waals surface area contributed by atoms with Gasteiger partial charge in [0.15, 0.2) is 5.82 Å². The van der Waals surface area contributed by atoms with Gasteiger partial charge >= 0.3 is 0 Å². The van der Waals surface area contributed by atoms with E-state index in [-0.39, 0.29) is 5.92 Å². The lowest BCUT2D eigenvalue weighted by Crippen LogP contribution is -2.14. The summed E-state index contributed by atoms with van der Waals surface area (Å²) in [5.74, 6) is -2.19. The molecule has 99 valence electrons. The lowest BCUT2D eigenvalue weighted by Gasteiger charge is -2.28. The normalized spacial score (nSPS) is 24.2. The van der Waals surface area contributed by atoms with E-state index >= 15 is 0 Å². The van der Waals surface area contributed by atoms with E-state index in [0.717, 1.165) is 37.7 Å². The molecular weight excluding hydrogens is 234 g/mol. The Morgan fingerprint density at radius 3 is 2.39 bits per heavy atom. The van der Waals surface area contributed by atoms with Crippen LogP contribution in [0.1, 0.15) is 56.9 Å². The molecule has 18 heavy (non-hydrogen) atoms. The monoisotopic (exact) mass is 253 g/mol. The van der Waals surface area contributed by atoms with Crippen molar-refractivity contribution < 1.29 is 13.9 Å². The van der Waals surface area contributed by atoms with Crippen LogP contribution in [0.15, 0.2) is 12.1 Å². The summed E-state index contributed by atoms with van der Waals surface area (Å²) in [6.45, 7) is 2.17. The van der Waals surface area contributed by atoms with Crippen molar-refractivity contribution in [2.24, 2.45) is 5.92 Å². The Bertz CT molecular complexity index is 409. The smallest absolute Gasteiger partial charge is 0.217 e. The second-order valence-electron chi connectivity index (χ2n) is 5.29. The molecule has 1 nitrogen and oxygen atoms in total. The fourth-order valence-corrected chi connectivity index (χ4v) is 3.03. The second kappa shape index (κ2) is 5.68. The quantitative estimate of drug-likeness (QED) is 0.707. The summed E-state index contributed by atoms with van der Waals surface area (Å²) in [6, 6.07) is 2.61. The Morgan fingerprint density at radius 2 is 1.78 bits per heavy atom. The van der Waals surface area contributed by atoms with Gasteiger partial charge in [-0.15, -0.1) is 0 Å². The summed E-state index contributed by atoms with van der Waals surface area (Å²) in [7, 11) is 0. The molecule has 1 fully saturated rings. The summed E-state index contributed by atoms with van der Waals surface area (Å²) in [5.41, 5.74) is 0.391. The number of hydrogen-bond donors (Lipinski definition) is 0. The van der Waals surface area contributed by atoms with E-state index in [2.05, 4.69) is 6.92 Å². The molecule has 1 aromatic rings. The van der Waals surface area contributed by atoms with Gasteiger partial charge in [-0.2, -0.15) is 4.39 Å². The van der Waals surface area contributed by atoms with Crippen molar-refractivity contribution in [3.8, 4) is 5.75 Å². The first-order chi connectivity index (χ1) is 8.63. The molecule has 0 unspecified atom stereocenters. The van der Waals surface area contributed by atoms with E-state index < -0.39 is 17.4 Å². The molecule has 0 spiro atoms. The highest BCUT2D eigenvalue weighted by Crippen LogP contribution is 2.39. The Morgan fingerprint density at radius 1 is 1.11 bits per heavy atom. The van der Waals surface area contributed by atoms with Crippen LogP contribution in [0.5, 0.6) is 5.75 Å². The van der Waals surface area contributed by atoms with Crippen molar-refractivity contribution in [1.82, 2.24) is 0 Å². The Hall–Kier alpha value is -1.12. The van der Waals surface area contributed by atoms with Crippen molar-refractivity contribution in [2.45, 2.75) is 51.4 Å². The molecule has 0 heterocycles. The molecule has 0 N–H and O–H groups in total. The first-order valence-corrected chi connectivity index (χ1v) is 6.78. The molecule has 1 radical (unpaired) electrons. The minimum Gasteiger partial charge on any atom is -0.287 e. The van der Waals surface area contributed by atoms with Gasteiger partial charge in [0.25, 0.3) is 0 Å². The molecule has 1 saturated carbocycles. The molecule has 1 aliphatic rings. The average molecular weight is 253 g/mol. The number of rotatable bonds is 3. The molecule has 0 aromatic heterocycles. The molecule has 2 rings (SSSR count). The van der Waals surface area contributed by atoms with E-state index in [0.29, 0.717) is 5.56 Å². The van der Waals surface area contributed by atoms with E-state index in [9.17, 15) is 13.9 Å². The van der Waals surface area contributed by atoms with Gasteiger partial charge in [0, 0.05) is 0 Å². The highest BCUT2D eigenvalue weighted by atomic mass is 19.2. The fraction of sp³-hybridized carbons (Fsp3) is 0.600. The summed E-state index contributed by atoms with van der Waals surface area (Å²) in [4.78, 5) is 0. The van der Waals surface area contributed by atoms with E-state index in [1.165, 1.54) is 18.9 Å². The maximum absolute atomic E-state index is 13.7. The highest BCUT2D eigenvalue weighted by molar-refractivity contribution is 5.32. The number of hydrogen-bond acceptors (Lipinski definition) is 0. The van der Waals surface area contributed by atoms with Gasteiger partial charge in [0.2, 0.25) is 11.6 Å². The van der Waals surface area contributed by atoms with Crippen LogP contribution < -0.4 is 0 Å². The molecular formula is C15H19F2O. The first-order valence-electron chi connectivity index (χ1n) is 6.78. The maximum Gasteiger partial charge on any atom is 0.217 e. The van der Waals surface area contributed by atoms with E-state index in [4.69, 9.17) is 0 Å². The summed E-state index contributed by atoms with van der Waals surface area (Å²) in [6.07, 6.45) is 6.38. The minimum absolute atomic E-state index is 0.0770. The molecule has 0 aliphatic heterocycles. The topological polar surface area (TPSA) is 19.9 Å². The van der Waals surface area contributed by atoms with Crippen molar-refractivity contribution in [3.05, 3.63) is 29.3 Å². The molecule has 0 atom stereocenters. The van der Waals surface area contributed by atoms with Crippen LogP contribution >= 0.6 is 0 Å². The SMILES string of the molecule is CCC[C@H]1CC[C@H](c2ccc([O])c(F)c2F)CC1. The Kier molecular flexibility index (Phi) is 4.20. The van der Waals surface area contributed by atoms with Crippen molar-refractivity contribution in [2.75, 3.05) is 0 Å². The lowest BCUT2D eigenvalue weighted by atomic mass is 9.77. The standard InChI is InChI=1S/C15H19F2O/c1-2-3-10-4-6-11(7-5-10)12-8-9-13(18)15(17)14(12)16/h8-11H,2-7H2,1H3/t10-,11-. The van der Waals surface area contributed by atoms with Crippen molar-refractivity contribution >= 4 is 0 Å². The minimum atomic E-state index is -1.22. The number of benzene rings is 1. The zero-order chi connectivity index (χ0) is 13.1. The maximum atomic E-state index is 13.7. The van der Waals surface area contributed by atoms with Gasteiger partial charge in [0.05, 0.1) is 0 Å². The van der Waals surface area contributed by atoms with E-state index in [1.807, 2.05) is 0 Å². The Balaban J connectivity index is 2.08. The van der Waals surface area contributed by atoms with Gasteiger partial charge in [-0.05, 0) is 49.1 Å². The van der Waals surface area contributed by atoms with Crippen LogP contribution in [0.4, 0.5) is 8.78 Å². The van der Waals surface area contributed by atoms with Gasteiger partial charge in [0.1, 0.15) is 0 Å². The predicted octanol–water partition coefficient (Wildman–Crippen LogP) is 5.18. The molecule has 0 bridgehead atoms. The lowest BCUT2D eigenvalue weighted by molar-refractivity contribution is 0.296. The van der Waals surface area contributed by atoms with Crippen LogP contribution in [-0.4, -0.2) is 0 Å². The van der Waals surface area contributed by atoms with Gasteiger partial charge in [-0.25, -0.2) is 4.39 Å². The summed E-state index contributed by atoms with van der Waals surface area (Å²) in [5, 5.41) is 11.0. The van der Waals surface area contributed by atoms with Crippen LogP contribution in [-0.2, 0) is 5.11 Å². The molecule has 0 saturated heterocycles. The average Bonchev–Trinajstić information content (AvgIpc) is 2.38. The molecule has 1 aromatic carbocycles. The zero-order valence-corrected chi connectivity index (χ0v) is 10.7. The van der Waals surface area contributed by atoms with Crippen LogP contribution in [0, 0.1) is 17.6 Å². The number of halogens is 2. The van der Waals surface area contributed by atoms with Crippen molar-refractivity contribution in [3.63, 3.8) is 0 Å². The van der Waals surface area contributed by atoms with Gasteiger partial charge < -0.3 is 0 Å². The summed E-state index contributed by atoms with van der Waals surface area (Å²) >= 11 is 0. The third-order valence-corrected chi connectivity index (χ3v) is 4.06. The zero-order valence-electron chi connectivity index (χ0n) is 10.7. The van der Waals surface area contributed by atoms with E-state index in [1.54, 1.807) is 0 Å². The summed E-state index contributed by atoms with van der Waals surface area (Å²) < 4.78 is 27.0. The first kappa shape index (κ1) is 13.3. The predicted molar refractivity (Wildman–Crippen MR) is 66.1 cm³/mol.